The van der Waals surface area contributed by atoms with Gasteiger partial charge >= 0.3 is 0 Å². The van der Waals surface area contributed by atoms with E-state index in [0.29, 0.717) is 25.2 Å². The maximum absolute atomic E-state index is 13.0. The van der Waals surface area contributed by atoms with Gasteiger partial charge in [0.2, 0.25) is 10.0 Å². The lowest BCUT2D eigenvalue weighted by Crippen LogP contribution is -2.36. The lowest BCUT2D eigenvalue weighted by molar-refractivity contribution is 0.0951. The van der Waals surface area contributed by atoms with Gasteiger partial charge in [-0.1, -0.05) is 30.9 Å². The highest BCUT2D eigenvalue weighted by Crippen LogP contribution is 2.27. The molecule has 3 rings (SSSR count). The SMILES string of the molecule is O=C(NCCCN1CCCCCC1)c1ccc(Cl)c(S(=O)(=O)N2CCCCC2)c1. The van der Waals surface area contributed by atoms with E-state index in [1.165, 1.54) is 42.1 Å². The molecule has 162 valence electrons. The fourth-order valence-corrected chi connectivity index (χ4v) is 6.07. The molecule has 1 aromatic carbocycles. The number of sulfonamides is 1. The molecule has 0 radical (unpaired) electrons. The first-order chi connectivity index (χ1) is 14.0. The number of benzene rings is 1. The third-order valence-electron chi connectivity index (χ3n) is 5.76. The van der Waals surface area contributed by atoms with E-state index in [4.69, 9.17) is 11.6 Å². The summed E-state index contributed by atoms with van der Waals surface area (Å²) in [7, 11) is -3.68. The summed E-state index contributed by atoms with van der Waals surface area (Å²) in [5.74, 6) is -0.257. The van der Waals surface area contributed by atoms with Gasteiger partial charge in [0.25, 0.3) is 5.91 Å². The van der Waals surface area contributed by atoms with Crippen LogP contribution < -0.4 is 5.32 Å². The number of hydrogen-bond acceptors (Lipinski definition) is 4. The molecule has 1 N–H and O–H groups in total. The van der Waals surface area contributed by atoms with Crippen LogP contribution in [-0.4, -0.2) is 62.8 Å². The van der Waals surface area contributed by atoms with Crippen molar-refractivity contribution in [3.05, 3.63) is 28.8 Å². The topological polar surface area (TPSA) is 69.7 Å². The molecule has 1 aromatic rings. The molecular formula is C21H32ClN3O3S. The number of carbonyl (C=O) groups is 1. The number of nitrogens with one attached hydrogen (secondary N) is 1. The van der Waals surface area contributed by atoms with E-state index in [9.17, 15) is 13.2 Å². The third kappa shape index (κ3) is 6.17. The molecule has 2 aliphatic rings. The highest BCUT2D eigenvalue weighted by Gasteiger charge is 2.28. The second-order valence-electron chi connectivity index (χ2n) is 7.98. The van der Waals surface area contributed by atoms with Crippen molar-refractivity contribution < 1.29 is 13.2 Å². The molecule has 2 fully saturated rings. The number of piperidine rings is 1. The maximum atomic E-state index is 13.0. The minimum absolute atomic E-state index is 0.0262. The Bertz CT molecular complexity index is 786. The molecule has 0 aliphatic carbocycles. The van der Waals surface area contributed by atoms with E-state index in [1.54, 1.807) is 6.07 Å². The minimum Gasteiger partial charge on any atom is -0.352 e. The average Bonchev–Trinajstić information content (AvgIpc) is 3.01. The summed E-state index contributed by atoms with van der Waals surface area (Å²) in [5, 5.41) is 3.08. The van der Waals surface area contributed by atoms with Crippen LogP contribution in [0.4, 0.5) is 0 Å². The molecule has 0 spiro atoms. The Morgan fingerprint density at radius 3 is 2.28 bits per heavy atom. The van der Waals surface area contributed by atoms with E-state index in [1.807, 2.05) is 0 Å². The summed E-state index contributed by atoms with van der Waals surface area (Å²) in [4.78, 5) is 15.0. The summed E-state index contributed by atoms with van der Waals surface area (Å²) < 4.78 is 27.4. The van der Waals surface area contributed by atoms with Crippen LogP contribution in [0, 0.1) is 0 Å². The summed E-state index contributed by atoms with van der Waals surface area (Å²) in [6.45, 7) is 4.85. The molecule has 0 atom stereocenters. The molecule has 0 bridgehead atoms. The Kier molecular flexibility index (Phi) is 8.35. The Balaban J connectivity index is 1.57. The number of carbonyl (C=O) groups excluding carboxylic acids is 1. The molecular weight excluding hydrogens is 410 g/mol. The minimum atomic E-state index is -3.68. The molecule has 6 nitrogen and oxygen atoms in total. The van der Waals surface area contributed by atoms with Crippen LogP contribution >= 0.6 is 11.6 Å². The van der Waals surface area contributed by atoms with Crippen molar-refractivity contribution in [2.75, 3.05) is 39.3 Å². The van der Waals surface area contributed by atoms with Crippen LogP contribution in [-0.2, 0) is 10.0 Å². The Morgan fingerprint density at radius 2 is 1.59 bits per heavy atom. The summed E-state index contributed by atoms with van der Waals surface area (Å²) in [6, 6.07) is 4.50. The van der Waals surface area contributed by atoms with Gasteiger partial charge in [0.05, 0.1) is 5.02 Å². The summed E-state index contributed by atoms with van der Waals surface area (Å²) >= 11 is 6.19. The van der Waals surface area contributed by atoms with E-state index >= 15 is 0 Å². The monoisotopic (exact) mass is 441 g/mol. The van der Waals surface area contributed by atoms with Gasteiger partial charge in [0.15, 0.2) is 0 Å². The smallest absolute Gasteiger partial charge is 0.251 e. The highest BCUT2D eigenvalue weighted by atomic mass is 35.5. The fraction of sp³-hybridized carbons (Fsp3) is 0.667. The van der Waals surface area contributed by atoms with E-state index in [-0.39, 0.29) is 15.8 Å². The van der Waals surface area contributed by atoms with Crippen LogP contribution in [0.1, 0.15) is 61.7 Å². The first-order valence-electron chi connectivity index (χ1n) is 10.8. The predicted molar refractivity (Wildman–Crippen MR) is 116 cm³/mol. The van der Waals surface area contributed by atoms with Crippen molar-refractivity contribution in [1.82, 2.24) is 14.5 Å². The maximum Gasteiger partial charge on any atom is 0.251 e. The van der Waals surface area contributed by atoms with Crippen LogP contribution in [0.25, 0.3) is 0 Å². The number of hydrogen-bond donors (Lipinski definition) is 1. The second-order valence-corrected chi connectivity index (χ2v) is 10.3. The second kappa shape index (κ2) is 10.8. The van der Waals surface area contributed by atoms with Crippen LogP contribution in [0.5, 0.6) is 0 Å². The molecule has 8 heteroatoms. The van der Waals surface area contributed by atoms with Crippen molar-refractivity contribution in [1.29, 1.82) is 0 Å². The Hall–Kier alpha value is -1.15. The van der Waals surface area contributed by atoms with E-state index in [2.05, 4.69) is 10.2 Å². The number of rotatable bonds is 7. The molecule has 0 saturated carbocycles. The van der Waals surface area contributed by atoms with E-state index < -0.39 is 10.0 Å². The summed E-state index contributed by atoms with van der Waals surface area (Å²) in [5.41, 5.74) is 0.333. The molecule has 29 heavy (non-hydrogen) atoms. The van der Waals surface area contributed by atoms with Gasteiger partial charge in [-0.2, -0.15) is 4.31 Å². The molecule has 2 saturated heterocycles. The van der Waals surface area contributed by atoms with Gasteiger partial charge < -0.3 is 10.2 Å². The highest BCUT2D eigenvalue weighted by molar-refractivity contribution is 7.89. The molecule has 0 unspecified atom stereocenters. The van der Waals surface area contributed by atoms with Crippen LogP contribution in [0.3, 0.4) is 0 Å². The first kappa shape index (κ1) is 22.5. The Labute approximate surface area is 179 Å². The van der Waals surface area contributed by atoms with Gasteiger partial charge in [-0.15, -0.1) is 0 Å². The zero-order valence-electron chi connectivity index (χ0n) is 17.0. The normalized spacial score (nSPS) is 19.6. The van der Waals surface area contributed by atoms with Crippen molar-refractivity contribution in [3.8, 4) is 0 Å². The third-order valence-corrected chi connectivity index (χ3v) is 8.14. The van der Waals surface area contributed by atoms with Gasteiger partial charge in [0, 0.05) is 25.2 Å². The molecule has 0 aromatic heterocycles. The number of likely N-dealkylation sites (tertiary alicyclic amines) is 1. The number of nitrogens with zero attached hydrogens (tertiary/aromatic N) is 2. The van der Waals surface area contributed by atoms with Crippen molar-refractivity contribution in [2.45, 2.75) is 56.3 Å². The molecule has 1 amide bonds. The standard InChI is InChI=1S/C21H32ClN3O3S/c22-19-10-9-18(17-20(19)29(27,28)25-15-6-3-7-16-25)21(26)23-11-8-14-24-12-4-1-2-5-13-24/h9-10,17H,1-8,11-16H2,(H,23,26). The van der Waals surface area contributed by atoms with Crippen molar-refractivity contribution >= 4 is 27.5 Å². The van der Waals surface area contributed by atoms with Gasteiger partial charge in [0.1, 0.15) is 4.90 Å². The Morgan fingerprint density at radius 1 is 0.966 bits per heavy atom. The van der Waals surface area contributed by atoms with Crippen molar-refractivity contribution in [3.63, 3.8) is 0 Å². The van der Waals surface area contributed by atoms with Gasteiger partial charge in [-0.3, -0.25) is 4.79 Å². The molecule has 2 heterocycles. The quantitative estimate of drug-likeness (QED) is 0.657. The van der Waals surface area contributed by atoms with Crippen LogP contribution in [0.15, 0.2) is 23.1 Å². The van der Waals surface area contributed by atoms with Crippen LogP contribution in [0.2, 0.25) is 5.02 Å². The van der Waals surface area contributed by atoms with Crippen molar-refractivity contribution in [2.24, 2.45) is 0 Å². The first-order valence-corrected chi connectivity index (χ1v) is 12.6. The zero-order chi connectivity index (χ0) is 20.7. The lowest BCUT2D eigenvalue weighted by atomic mass is 10.2. The van der Waals surface area contributed by atoms with Gasteiger partial charge in [-0.05, 0) is 69.9 Å². The summed E-state index contributed by atoms with van der Waals surface area (Å²) in [6.07, 6.45) is 8.77. The lowest BCUT2D eigenvalue weighted by Gasteiger charge is -2.26. The number of amides is 1. The largest absolute Gasteiger partial charge is 0.352 e. The zero-order valence-corrected chi connectivity index (χ0v) is 18.6. The average molecular weight is 442 g/mol. The van der Waals surface area contributed by atoms with E-state index in [0.717, 1.165) is 45.3 Å². The van der Waals surface area contributed by atoms with Gasteiger partial charge in [-0.25, -0.2) is 8.42 Å². The molecule has 2 aliphatic heterocycles. The number of halogens is 1. The fourth-order valence-electron chi connectivity index (χ4n) is 4.05. The predicted octanol–water partition coefficient (Wildman–Crippen LogP) is 3.51.